The fraction of sp³-hybridized carbons (Fsp3) is 0.0909. The largest absolute Gasteiger partial charge is 0.366 e. The highest BCUT2D eigenvalue weighted by Gasteiger charge is 2.17. The molecule has 4 aromatic rings. The molecule has 2 heterocycles. The summed E-state index contributed by atoms with van der Waals surface area (Å²) in [7, 11) is 0. The van der Waals surface area contributed by atoms with Gasteiger partial charge in [-0.3, -0.25) is 4.79 Å². The van der Waals surface area contributed by atoms with Gasteiger partial charge in [0.25, 0.3) is 0 Å². The van der Waals surface area contributed by atoms with Crippen LogP contribution in [0.3, 0.4) is 0 Å². The first-order chi connectivity index (χ1) is 13.0. The Morgan fingerprint density at radius 3 is 2.44 bits per heavy atom. The molecule has 2 N–H and O–H groups in total. The predicted molar refractivity (Wildman–Crippen MR) is 104 cm³/mol. The summed E-state index contributed by atoms with van der Waals surface area (Å²) in [4.78, 5) is 16.1. The number of benzene rings is 2. The monoisotopic (exact) mass is 359 g/mol. The molecule has 0 radical (unpaired) electrons. The van der Waals surface area contributed by atoms with E-state index >= 15 is 0 Å². The molecular formula is C22H18FN3O. The minimum atomic E-state index is -0.498. The number of hydrogen-bond donors (Lipinski definition) is 1. The van der Waals surface area contributed by atoms with E-state index in [9.17, 15) is 9.18 Å². The standard InChI is InChI=1S/C22H18FN3O/c1-13-7-8-17(19(23)11-13)16-5-3-4-6-18(16)21-14(2)26-10-9-15(22(24)27)12-20(26)25-21/h3-12H,1-2H3,(H2,24,27). The van der Waals surface area contributed by atoms with Crippen LogP contribution in [0.5, 0.6) is 0 Å². The second-order valence-electron chi connectivity index (χ2n) is 6.58. The van der Waals surface area contributed by atoms with Crippen LogP contribution in [-0.4, -0.2) is 15.3 Å². The Morgan fingerprint density at radius 2 is 1.74 bits per heavy atom. The number of aryl methyl sites for hydroxylation is 2. The Bertz CT molecular complexity index is 1190. The van der Waals surface area contributed by atoms with Crippen LogP contribution in [0.25, 0.3) is 28.0 Å². The Kier molecular flexibility index (Phi) is 4.00. The van der Waals surface area contributed by atoms with Crippen LogP contribution in [0, 0.1) is 19.7 Å². The fourth-order valence-corrected chi connectivity index (χ4v) is 3.34. The third-order valence-electron chi connectivity index (χ3n) is 4.75. The molecular weight excluding hydrogens is 341 g/mol. The number of imidazole rings is 1. The van der Waals surface area contributed by atoms with Crippen molar-refractivity contribution in [3.63, 3.8) is 0 Å². The van der Waals surface area contributed by atoms with Crippen LogP contribution in [-0.2, 0) is 0 Å². The molecule has 0 spiro atoms. The number of hydrogen-bond acceptors (Lipinski definition) is 2. The lowest BCUT2D eigenvalue weighted by Crippen LogP contribution is -2.11. The van der Waals surface area contributed by atoms with Gasteiger partial charge in [-0.05, 0) is 43.2 Å². The maximum absolute atomic E-state index is 14.6. The van der Waals surface area contributed by atoms with Gasteiger partial charge in [0.05, 0.1) is 5.69 Å². The lowest BCUT2D eigenvalue weighted by atomic mass is 9.96. The molecule has 0 aliphatic heterocycles. The Labute approximate surface area is 156 Å². The van der Waals surface area contributed by atoms with E-state index in [0.717, 1.165) is 28.1 Å². The molecule has 0 saturated carbocycles. The highest BCUT2D eigenvalue weighted by Crippen LogP contribution is 2.35. The van der Waals surface area contributed by atoms with E-state index in [-0.39, 0.29) is 5.82 Å². The summed E-state index contributed by atoms with van der Waals surface area (Å²) in [6.45, 7) is 3.81. The smallest absolute Gasteiger partial charge is 0.248 e. The molecule has 2 aromatic heterocycles. The molecule has 2 aromatic carbocycles. The SMILES string of the molecule is Cc1ccc(-c2ccccc2-c2nc3cc(C(N)=O)ccn3c2C)c(F)c1. The van der Waals surface area contributed by atoms with E-state index in [2.05, 4.69) is 0 Å². The van der Waals surface area contributed by atoms with Crippen LogP contribution >= 0.6 is 0 Å². The van der Waals surface area contributed by atoms with E-state index in [0.29, 0.717) is 16.8 Å². The van der Waals surface area contributed by atoms with Gasteiger partial charge in [0, 0.05) is 28.6 Å². The highest BCUT2D eigenvalue weighted by molar-refractivity contribution is 5.94. The molecule has 0 aliphatic rings. The number of aromatic nitrogens is 2. The quantitative estimate of drug-likeness (QED) is 0.584. The molecule has 0 bridgehead atoms. The van der Waals surface area contributed by atoms with Crippen LogP contribution in [0.15, 0.2) is 60.8 Å². The molecule has 134 valence electrons. The normalized spacial score (nSPS) is 11.1. The summed E-state index contributed by atoms with van der Waals surface area (Å²) in [5.41, 5.74) is 11.1. The van der Waals surface area contributed by atoms with Gasteiger partial charge >= 0.3 is 0 Å². The Morgan fingerprint density at radius 1 is 1.00 bits per heavy atom. The summed E-state index contributed by atoms with van der Waals surface area (Å²) in [5, 5.41) is 0. The van der Waals surface area contributed by atoms with E-state index in [1.54, 1.807) is 24.4 Å². The van der Waals surface area contributed by atoms with Crippen molar-refractivity contribution in [3.05, 3.63) is 83.4 Å². The molecule has 0 atom stereocenters. The minimum absolute atomic E-state index is 0.264. The summed E-state index contributed by atoms with van der Waals surface area (Å²) < 4.78 is 16.5. The first kappa shape index (κ1) is 17.0. The highest BCUT2D eigenvalue weighted by atomic mass is 19.1. The minimum Gasteiger partial charge on any atom is -0.366 e. The number of primary amides is 1. The predicted octanol–water partition coefficient (Wildman–Crippen LogP) is 4.52. The Hall–Kier alpha value is -3.47. The van der Waals surface area contributed by atoms with Crippen molar-refractivity contribution in [2.24, 2.45) is 5.73 Å². The van der Waals surface area contributed by atoms with Crippen LogP contribution in [0.2, 0.25) is 0 Å². The summed E-state index contributed by atoms with van der Waals surface area (Å²) >= 11 is 0. The van der Waals surface area contributed by atoms with Crippen molar-refractivity contribution < 1.29 is 9.18 Å². The number of carbonyl (C=O) groups is 1. The maximum atomic E-state index is 14.6. The lowest BCUT2D eigenvalue weighted by molar-refractivity contribution is 0.1000. The third kappa shape index (κ3) is 2.87. The van der Waals surface area contributed by atoms with E-state index in [1.165, 1.54) is 6.07 Å². The number of pyridine rings is 1. The zero-order valence-electron chi connectivity index (χ0n) is 15.0. The average molecular weight is 359 g/mol. The fourth-order valence-electron chi connectivity index (χ4n) is 3.34. The van der Waals surface area contributed by atoms with Gasteiger partial charge in [-0.15, -0.1) is 0 Å². The van der Waals surface area contributed by atoms with Crippen molar-refractivity contribution in [1.82, 2.24) is 9.38 Å². The number of fused-ring (bicyclic) bond motifs is 1. The lowest BCUT2D eigenvalue weighted by Gasteiger charge is -2.10. The second kappa shape index (κ2) is 6.36. The third-order valence-corrected chi connectivity index (χ3v) is 4.75. The van der Waals surface area contributed by atoms with Gasteiger partial charge in [0.15, 0.2) is 0 Å². The molecule has 4 nitrogen and oxygen atoms in total. The van der Waals surface area contributed by atoms with Gasteiger partial charge in [0.2, 0.25) is 5.91 Å². The molecule has 0 fully saturated rings. The van der Waals surface area contributed by atoms with Gasteiger partial charge < -0.3 is 10.1 Å². The number of nitrogens with zero attached hydrogens (tertiary/aromatic N) is 2. The molecule has 27 heavy (non-hydrogen) atoms. The summed E-state index contributed by atoms with van der Waals surface area (Å²) in [6, 6.07) is 16.1. The molecule has 5 heteroatoms. The molecule has 4 rings (SSSR count). The first-order valence-corrected chi connectivity index (χ1v) is 8.60. The van der Waals surface area contributed by atoms with Gasteiger partial charge in [-0.25, -0.2) is 9.37 Å². The van der Waals surface area contributed by atoms with E-state index in [4.69, 9.17) is 10.7 Å². The van der Waals surface area contributed by atoms with Crippen LogP contribution in [0.4, 0.5) is 4.39 Å². The molecule has 0 aliphatic carbocycles. The number of amides is 1. The van der Waals surface area contributed by atoms with Crippen molar-refractivity contribution in [3.8, 4) is 22.4 Å². The number of rotatable bonds is 3. The summed E-state index contributed by atoms with van der Waals surface area (Å²) in [5.74, 6) is -0.762. The number of carbonyl (C=O) groups excluding carboxylic acids is 1. The first-order valence-electron chi connectivity index (χ1n) is 8.60. The maximum Gasteiger partial charge on any atom is 0.248 e. The summed E-state index contributed by atoms with van der Waals surface area (Å²) in [6.07, 6.45) is 1.77. The second-order valence-corrected chi connectivity index (χ2v) is 6.58. The van der Waals surface area contributed by atoms with E-state index < -0.39 is 5.91 Å². The topological polar surface area (TPSA) is 60.4 Å². The van der Waals surface area contributed by atoms with Crippen LogP contribution < -0.4 is 5.73 Å². The van der Waals surface area contributed by atoms with Gasteiger partial charge in [0.1, 0.15) is 11.5 Å². The Balaban J connectivity index is 1.94. The van der Waals surface area contributed by atoms with Gasteiger partial charge in [-0.1, -0.05) is 36.4 Å². The van der Waals surface area contributed by atoms with Crippen molar-refractivity contribution >= 4 is 11.6 Å². The molecule has 1 amide bonds. The van der Waals surface area contributed by atoms with Gasteiger partial charge in [-0.2, -0.15) is 0 Å². The molecule has 0 saturated heterocycles. The molecule has 0 unspecified atom stereocenters. The zero-order valence-corrected chi connectivity index (χ0v) is 15.0. The van der Waals surface area contributed by atoms with Crippen LogP contribution in [0.1, 0.15) is 21.6 Å². The van der Waals surface area contributed by atoms with Crippen molar-refractivity contribution in [2.75, 3.05) is 0 Å². The average Bonchev–Trinajstić information content (AvgIpc) is 2.98. The van der Waals surface area contributed by atoms with Crippen molar-refractivity contribution in [1.29, 1.82) is 0 Å². The van der Waals surface area contributed by atoms with Crippen molar-refractivity contribution in [2.45, 2.75) is 13.8 Å². The van der Waals surface area contributed by atoms with E-state index in [1.807, 2.05) is 48.6 Å². The number of halogens is 1. The zero-order chi connectivity index (χ0) is 19.1. The number of nitrogens with two attached hydrogens (primary N) is 1.